The molecule has 1 aliphatic rings. The normalized spacial score (nSPS) is 16.4. The average Bonchev–Trinajstić information content (AvgIpc) is 3.00. The van der Waals surface area contributed by atoms with Gasteiger partial charge >= 0.3 is 0 Å². The summed E-state index contributed by atoms with van der Waals surface area (Å²) in [6.07, 6.45) is 0. The molecule has 0 bridgehead atoms. The van der Waals surface area contributed by atoms with Crippen LogP contribution in [0.25, 0.3) is 5.57 Å². The second-order valence-electron chi connectivity index (χ2n) is 7.22. The van der Waals surface area contributed by atoms with Crippen LogP contribution in [0, 0.1) is 6.92 Å². The van der Waals surface area contributed by atoms with E-state index in [2.05, 4.69) is 0 Å². The summed E-state index contributed by atoms with van der Waals surface area (Å²) in [5.41, 5.74) is 4.57. The number of aliphatic hydroxyl groups excluding tert-OH is 1. The fourth-order valence-electron chi connectivity index (χ4n) is 3.75. The highest BCUT2D eigenvalue weighted by Gasteiger charge is 2.40. The molecule has 4 heteroatoms. The number of methoxy groups -OCH3 is 1. The van der Waals surface area contributed by atoms with Crippen LogP contribution < -0.4 is 4.74 Å². The van der Waals surface area contributed by atoms with Gasteiger partial charge in [0.2, 0.25) is 0 Å². The van der Waals surface area contributed by atoms with Crippen molar-refractivity contribution >= 4 is 11.5 Å². The summed E-state index contributed by atoms with van der Waals surface area (Å²) >= 11 is 0. The first kappa shape index (κ1) is 18.8. The molecule has 146 valence electrons. The Hall–Kier alpha value is -3.53. The second-order valence-corrected chi connectivity index (χ2v) is 7.22. The minimum Gasteiger partial charge on any atom is -0.503 e. The average molecular weight is 385 g/mol. The highest BCUT2D eigenvalue weighted by molar-refractivity contribution is 6.05. The van der Waals surface area contributed by atoms with Crippen LogP contribution in [0.2, 0.25) is 0 Å². The molecule has 1 unspecified atom stereocenters. The Labute approximate surface area is 170 Å². The smallest absolute Gasteiger partial charge is 0.290 e. The number of hydrogen-bond acceptors (Lipinski definition) is 3. The predicted octanol–water partition coefficient (Wildman–Crippen LogP) is 5.06. The zero-order valence-electron chi connectivity index (χ0n) is 16.5. The zero-order chi connectivity index (χ0) is 20.4. The Morgan fingerprint density at radius 1 is 0.931 bits per heavy atom. The van der Waals surface area contributed by atoms with E-state index in [1.807, 2.05) is 85.8 Å². The molecule has 0 aromatic heterocycles. The molecule has 0 saturated carbocycles. The molecule has 0 saturated heterocycles. The molecular weight excluding hydrogens is 362 g/mol. The van der Waals surface area contributed by atoms with E-state index in [9.17, 15) is 9.90 Å². The maximum Gasteiger partial charge on any atom is 0.290 e. The van der Waals surface area contributed by atoms with E-state index in [1.165, 1.54) is 0 Å². The van der Waals surface area contributed by atoms with Gasteiger partial charge in [0.15, 0.2) is 5.76 Å². The summed E-state index contributed by atoms with van der Waals surface area (Å²) in [6, 6.07) is 25.0. The Balaban J connectivity index is 1.76. The largest absolute Gasteiger partial charge is 0.503 e. The van der Waals surface area contributed by atoms with E-state index in [0.717, 1.165) is 28.0 Å². The third kappa shape index (κ3) is 3.61. The standard InChI is InChI=1S/C25H23NO3/c1-17-8-12-19(13-9-17)22-23(20-6-4-3-5-7-20)26(25(28)24(22)27)16-18-10-14-21(29-2)15-11-18/h3-15,23,27H,16H2,1-2H3. The van der Waals surface area contributed by atoms with Gasteiger partial charge in [-0.1, -0.05) is 72.3 Å². The van der Waals surface area contributed by atoms with Crippen LogP contribution in [0.15, 0.2) is 84.6 Å². The molecule has 4 rings (SSSR count). The molecule has 4 nitrogen and oxygen atoms in total. The van der Waals surface area contributed by atoms with Gasteiger partial charge in [0, 0.05) is 12.1 Å². The molecule has 3 aromatic rings. The first-order valence-electron chi connectivity index (χ1n) is 9.57. The van der Waals surface area contributed by atoms with Gasteiger partial charge in [0.05, 0.1) is 13.2 Å². The lowest BCUT2D eigenvalue weighted by atomic mass is 9.93. The highest BCUT2D eigenvalue weighted by atomic mass is 16.5. The van der Waals surface area contributed by atoms with Gasteiger partial charge in [-0.25, -0.2) is 0 Å². The fourth-order valence-corrected chi connectivity index (χ4v) is 3.75. The van der Waals surface area contributed by atoms with Crippen LogP contribution in [0.5, 0.6) is 5.75 Å². The molecule has 1 heterocycles. The van der Waals surface area contributed by atoms with Crippen molar-refractivity contribution in [2.75, 3.05) is 7.11 Å². The topological polar surface area (TPSA) is 49.8 Å². The summed E-state index contributed by atoms with van der Waals surface area (Å²) in [5, 5.41) is 10.8. The van der Waals surface area contributed by atoms with Crippen LogP contribution in [0.3, 0.4) is 0 Å². The van der Waals surface area contributed by atoms with Crippen molar-refractivity contribution in [3.05, 3.63) is 107 Å². The SMILES string of the molecule is COc1ccc(CN2C(=O)C(O)=C(c3ccc(C)cc3)C2c2ccccc2)cc1. The highest BCUT2D eigenvalue weighted by Crippen LogP contribution is 2.43. The molecule has 29 heavy (non-hydrogen) atoms. The lowest BCUT2D eigenvalue weighted by Gasteiger charge is -2.27. The Morgan fingerprint density at radius 3 is 2.21 bits per heavy atom. The molecule has 0 aliphatic carbocycles. The van der Waals surface area contributed by atoms with Crippen LogP contribution in [-0.4, -0.2) is 23.0 Å². The molecule has 0 radical (unpaired) electrons. The second kappa shape index (κ2) is 7.84. The number of ether oxygens (including phenoxy) is 1. The van der Waals surface area contributed by atoms with Crippen molar-refractivity contribution in [3.8, 4) is 5.75 Å². The predicted molar refractivity (Wildman–Crippen MR) is 113 cm³/mol. The van der Waals surface area contributed by atoms with Gasteiger partial charge in [-0.2, -0.15) is 0 Å². The molecule has 3 aromatic carbocycles. The molecule has 0 fully saturated rings. The van der Waals surface area contributed by atoms with Crippen molar-refractivity contribution < 1.29 is 14.6 Å². The van der Waals surface area contributed by atoms with Crippen molar-refractivity contribution in [1.29, 1.82) is 0 Å². The number of hydrogen-bond donors (Lipinski definition) is 1. The van der Waals surface area contributed by atoms with Crippen molar-refractivity contribution in [1.82, 2.24) is 4.90 Å². The van der Waals surface area contributed by atoms with E-state index in [4.69, 9.17) is 4.74 Å². The number of carbonyl (C=O) groups is 1. The summed E-state index contributed by atoms with van der Waals surface area (Å²) in [4.78, 5) is 14.8. The van der Waals surface area contributed by atoms with Crippen LogP contribution in [-0.2, 0) is 11.3 Å². The summed E-state index contributed by atoms with van der Waals surface area (Å²) in [6.45, 7) is 2.41. The number of amides is 1. The van der Waals surface area contributed by atoms with Gasteiger partial charge in [-0.3, -0.25) is 4.79 Å². The maximum absolute atomic E-state index is 13.1. The Kier molecular flexibility index (Phi) is 5.09. The van der Waals surface area contributed by atoms with Gasteiger partial charge in [0.25, 0.3) is 5.91 Å². The van der Waals surface area contributed by atoms with Crippen molar-refractivity contribution in [2.45, 2.75) is 19.5 Å². The van der Waals surface area contributed by atoms with E-state index in [-0.39, 0.29) is 17.7 Å². The Morgan fingerprint density at radius 2 is 1.59 bits per heavy atom. The summed E-state index contributed by atoms with van der Waals surface area (Å²) < 4.78 is 5.22. The number of carbonyl (C=O) groups excluding carboxylic acids is 1. The maximum atomic E-state index is 13.1. The summed E-state index contributed by atoms with van der Waals surface area (Å²) in [7, 11) is 1.63. The van der Waals surface area contributed by atoms with E-state index >= 15 is 0 Å². The molecule has 1 N–H and O–H groups in total. The monoisotopic (exact) mass is 385 g/mol. The number of rotatable bonds is 5. The molecule has 1 aliphatic heterocycles. The minimum atomic E-state index is -0.356. The number of aliphatic hydroxyl groups is 1. The van der Waals surface area contributed by atoms with Crippen LogP contribution in [0.1, 0.15) is 28.3 Å². The number of aryl methyl sites for hydroxylation is 1. The third-order valence-electron chi connectivity index (χ3n) is 5.29. The molecule has 1 atom stereocenters. The lowest BCUT2D eigenvalue weighted by Crippen LogP contribution is -2.29. The first-order chi connectivity index (χ1) is 14.1. The third-order valence-corrected chi connectivity index (χ3v) is 5.29. The van der Waals surface area contributed by atoms with Crippen LogP contribution in [0.4, 0.5) is 0 Å². The van der Waals surface area contributed by atoms with E-state index in [0.29, 0.717) is 12.1 Å². The lowest BCUT2D eigenvalue weighted by molar-refractivity contribution is -0.130. The number of nitrogens with zero attached hydrogens (tertiary/aromatic N) is 1. The van der Waals surface area contributed by atoms with Crippen molar-refractivity contribution in [3.63, 3.8) is 0 Å². The van der Waals surface area contributed by atoms with E-state index in [1.54, 1.807) is 12.0 Å². The summed E-state index contributed by atoms with van der Waals surface area (Å²) in [5.74, 6) is 0.226. The quantitative estimate of drug-likeness (QED) is 0.668. The van der Waals surface area contributed by atoms with Crippen LogP contribution >= 0.6 is 0 Å². The van der Waals surface area contributed by atoms with Crippen molar-refractivity contribution in [2.24, 2.45) is 0 Å². The van der Waals surface area contributed by atoms with Gasteiger partial charge in [0.1, 0.15) is 5.75 Å². The van der Waals surface area contributed by atoms with Gasteiger partial charge in [-0.15, -0.1) is 0 Å². The molecular formula is C25H23NO3. The fraction of sp³-hybridized carbons (Fsp3) is 0.160. The molecule has 0 spiro atoms. The zero-order valence-corrected chi connectivity index (χ0v) is 16.5. The number of benzene rings is 3. The molecule has 1 amide bonds. The minimum absolute atomic E-state index is 0.184. The van der Waals surface area contributed by atoms with Gasteiger partial charge in [-0.05, 0) is 35.7 Å². The first-order valence-corrected chi connectivity index (χ1v) is 9.57. The van der Waals surface area contributed by atoms with E-state index < -0.39 is 0 Å². The van der Waals surface area contributed by atoms with Gasteiger partial charge < -0.3 is 14.7 Å². The Bertz CT molecular complexity index is 1040.